The van der Waals surface area contributed by atoms with Crippen LogP contribution in [0.3, 0.4) is 0 Å². The second-order valence-electron chi connectivity index (χ2n) is 6.16. The third-order valence-corrected chi connectivity index (χ3v) is 4.40. The molecule has 2 aromatic carbocycles. The molecule has 2 aromatic rings. The van der Waals surface area contributed by atoms with Crippen molar-refractivity contribution in [2.75, 3.05) is 0 Å². The Morgan fingerprint density at radius 2 is 1.55 bits per heavy atom. The minimum absolute atomic E-state index is 0.0204. The molecule has 0 fully saturated rings. The zero-order chi connectivity index (χ0) is 15.8. The summed E-state index contributed by atoms with van der Waals surface area (Å²) in [7, 11) is 0. The highest BCUT2D eigenvalue weighted by molar-refractivity contribution is 5.66. The van der Waals surface area contributed by atoms with E-state index in [1.807, 2.05) is 12.1 Å². The zero-order valence-corrected chi connectivity index (χ0v) is 13.2. The molecule has 0 aromatic heterocycles. The van der Waals surface area contributed by atoms with Crippen LogP contribution in [-0.4, -0.2) is 11.1 Å². The van der Waals surface area contributed by atoms with E-state index in [9.17, 15) is 4.79 Å². The van der Waals surface area contributed by atoms with Crippen LogP contribution < -0.4 is 0 Å². The summed E-state index contributed by atoms with van der Waals surface area (Å²) in [5.41, 5.74) is 2.66. The van der Waals surface area contributed by atoms with Crippen molar-refractivity contribution < 1.29 is 9.90 Å². The standard InChI is InChI=1S/C20H24O2/c1-20(15-8-13-19(21)22,18-11-6-3-7-12-18)16-14-17-9-4-2-5-10-17/h2-7,9-12H,8,13-16H2,1H3,(H,21,22). The van der Waals surface area contributed by atoms with Gasteiger partial charge in [0.25, 0.3) is 0 Å². The van der Waals surface area contributed by atoms with E-state index in [1.54, 1.807) is 0 Å². The van der Waals surface area contributed by atoms with Crippen molar-refractivity contribution in [1.29, 1.82) is 0 Å². The van der Waals surface area contributed by atoms with E-state index in [0.717, 1.165) is 25.7 Å². The van der Waals surface area contributed by atoms with Crippen LogP contribution in [0.5, 0.6) is 0 Å². The first kappa shape index (κ1) is 16.3. The Labute approximate surface area is 132 Å². The van der Waals surface area contributed by atoms with E-state index in [1.165, 1.54) is 11.1 Å². The summed E-state index contributed by atoms with van der Waals surface area (Å²) in [6.45, 7) is 2.26. The number of aryl methyl sites for hydroxylation is 1. The Kier molecular flexibility index (Phi) is 5.76. The average molecular weight is 296 g/mol. The molecule has 2 rings (SSSR count). The van der Waals surface area contributed by atoms with Gasteiger partial charge in [0.05, 0.1) is 0 Å². The van der Waals surface area contributed by atoms with Gasteiger partial charge in [-0.3, -0.25) is 4.79 Å². The summed E-state index contributed by atoms with van der Waals surface area (Å²) in [5, 5.41) is 8.89. The fourth-order valence-corrected chi connectivity index (χ4v) is 2.95. The highest BCUT2D eigenvalue weighted by Crippen LogP contribution is 2.34. The van der Waals surface area contributed by atoms with E-state index < -0.39 is 5.97 Å². The molecule has 1 unspecified atom stereocenters. The number of benzene rings is 2. The molecule has 2 nitrogen and oxygen atoms in total. The van der Waals surface area contributed by atoms with Gasteiger partial charge in [0.1, 0.15) is 0 Å². The lowest BCUT2D eigenvalue weighted by atomic mass is 9.74. The summed E-state index contributed by atoms with van der Waals surface area (Å²) in [4.78, 5) is 10.8. The Morgan fingerprint density at radius 1 is 0.955 bits per heavy atom. The maximum Gasteiger partial charge on any atom is 0.303 e. The highest BCUT2D eigenvalue weighted by Gasteiger charge is 2.26. The Bertz CT molecular complexity index is 577. The maximum absolute atomic E-state index is 10.8. The van der Waals surface area contributed by atoms with Crippen LogP contribution in [0.15, 0.2) is 60.7 Å². The normalized spacial score (nSPS) is 13.5. The van der Waals surface area contributed by atoms with Crippen molar-refractivity contribution in [3.8, 4) is 0 Å². The molecule has 1 N–H and O–H groups in total. The van der Waals surface area contributed by atoms with Crippen molar-refractivity contribution in [1.82, 2.24) is 0 Å². The Balaban J connectivity index is 2.08. The lowest BCUT2D eigenvalue weighted by Gasteiger charge is -2.30. The molecule has 0 heterocycles. The Hall–Kier alpha value is -2.09. The minimum atomic E-state index is -0.710. The van der Waals surface area contributed by atoms with Gasteiger partial charge in [0.15, 0.2) is 0 Å². The third kappa shape index (κ3) is 4.73. The number of aliphatic carboxylic acids is 1. The number of hydrogen-bond acceptors (Lipinski definition) is 1. The molecule has 1 atom stereocenters. The van der Waals surface area contributed by atoms with Crippen LogP contribution in [0.25, 0.3) is 0 Å². The molecule has 0 saturated carbocycles. The second kappa shape index (κ2) is 7.79. The molecule has 116 valence electrons. The van der Waals surface area contributed by atoms with E-state index in [-0.39, 0.29) is 11.8 Å². The van der Waals surface area contributed by atoms with Crippen LogP contribution in [0.4, 0.5) is 0 Å². The van der Waals surface area contributed by atoms with E-state index in [0.29, 0.717) is 0 Å². The Morgan fingerprint density at radius 3 is 2.14 bits per heavy atom. The molecular formula is C20H24O2. The van der Waals surface area contributed by atoms with Crippen LogP contribution in [0, 0.1) is 0 Å². The average Bonchev–Trinajstić information content (AvgIpc) is 2.54. The highest BCUT2D eigenvalue weighted by atomic mass is 16.4. The van der Waals surface area contributed by atoms with Gasteiger partial charge in [0.2, 0.25) is 0 Å². The fourth-order valence-electron chi connectivity index (χ4n) is 2.95. The van der Waals surface area contributed by atoms with Gasteiger partial charge in [-0.1, -0.05) is 67.6 Å². The van der Waals surface area contributed by atoms with Gasteiger partial charge in [0, 0.05) is 6.42 Å². The van der Waals surface area contributed by atoms with Crippen molar-refractivity contribution in [3.63, 3.8) is 0 Å². The predicted octanol–water partition coefficient (Wildman–Crippen LogP) is 4.83. The van der Waals surface area contributed by atoms with Crippen LogP contribution in [-0.2, 0) is 16.6 Å². The summed E-state index contributed by atoms with van der Waals surface area (Å²) >= 11 is 0. The van der Waals surface area contributed by atoms with Gasteiger partial charge in [-0.05, 0) is 42.2 Å². The summed E-state index contributed by atoms with van der Waals surface area (Å²) in [6, 6.07) is 21.0. The SMILES string of the molecule is CC(CCCC(=O)O)(CCc1ccccc1)c1ccccc1. The first-order valence-electron chi connectivity index (χ1n) is 7.91. The molecule has 0 saturated heterocycles. The quantitative estimate of drug-likeness (QED) is 0.757. The van der Waals surface area contributed by atoms with Crippen LogP contribution >= 0.6 is 0 Å². The maximum atomic E-state index is 10.8. The topological polar surface area (TPSA) is 37.3 Å². The first-order chi connectivity index (χ1) is 10.6. The second-order valence-corrected chi connectivity index (χ2v) is 6.16. The number of rotatable bonds is 8. The lowest BCUT2D eigenvalue weighted by molar-refractivity contribution is -0.137. The van der Waals surface area contributed by atoms with Crippen molar-refractivity contribution in [2.45, 2.75) is 44.4 Å². The van der Waals surface area contributed by atoms with Gasteiger partial charge in [-0.15, -0.1) is 0 Å². The summed E-state index contributed by atoms with van der Waals surface area (Å²) in [6.07, 6.45) is 3.90. The molecule has 0 aliphatic heterocycles. The van der Waals surface area contributed by atoms with Crippen molar-refractivity contribution in [2.24, 2.45) is 0 Å². The monoisotopic (exact) mass is 296 g/mol. The fraction of sp³-hybridized carbons (Fsp3) is 0.350. The van der Waals surface area contributed by atoms with Crippen LogP contribution in [0.2, 0.25) is 0 Å². The van der Waals surface area contributed by atoms with E-state index in [4.69, 9.17) is 5.11 Å². The van der Waals surface area contributed by atoms with Gasteiger partial charge in [-0.2, -0.15) is 0 Å². The minimum Gasteiger partial charge on any atom is -0.481 e. The molecule has 0 spiro atoms. The molecule has 22 heavy (non-hydrogen) atoms. The number of carboxylic acids is 1. The van der Waals surface area contributed by atoms with E-state index in [2.05, 4.69) is 55.5 Å². The number of carbonyl (C=O) groups is 1. The molecular weight excluding hydrogens is 272 g/mol. The first-order valence-corrected chi connectivity index (χ1v) is 7.91. The smallest absolute Gasteiger partial charge is 0.303 e. The summed E-state index contributed by atoms with van der Waals surface area (Å²) < 4.78 is 0. The largest absolute Gasteiger partial charge is 0.481 e. The number of hydrogen-bond donors (Lipinski definition) is 1. The van der Waals surface area contributed by atoms with Crippen LogP contribution in [0.1, 0.15) is 43.7 Å². The molecule has 0 bridgehead atoms. The molecule has 0 aliphatic carbocycles. The number of carboxylic acid groups (broad SMARTS) is 1. The summed E-state index contributed by atoms with van der Waals surface area (Å²) in [5.74, 6) is -0.710. The van der Waals surface area contributed by atoms with Gasteiger partial charge < -0.3 is 5.11 Å². The van der Waals surface area contributed by atoms with Crippen molar-refractivity contribution in [3.05, 3.63) is 71.8 Å². The van der Waals surface area contributed by atoms with Crippen molar-refractivity contribution >= 4 is 5.97 Å². The molecule has 2 heteroatoms. The predicted molar refractivity (Wildman–Crippen MR) is 90.0 cm³/mol. The van der Waals surface area contributed by atoms with E-state index >= 15 is 0 Å². The molecule has 0 aliphatic rings. The van der Waals surface area contributed by atoms with Gasteiger partial charge >= 0.3 is 5.97 Å². The van der Waals surface area contributed by atoms with Gasteiger partial charge in [-0.25, -0.2) is 0 Å². The molecule has 0 amide bonds. The molecule has 0 radical (unpaired) electrons. The third-order valence-electron chi connectivity index (χ3n) is 4.40. The zero-order valence-electron chi connectivity index (χ0n) is 13.2. The lowest BCUT2D eigenvalue weighted by Crippen LogP contribution is -2.23.